The number of rotatable bonds is 1. The Balaban J connectivity index is 2.73. The first-order chi connectivity index (χ1) is 6.70. The van der Waals surface area contributed by atoms with E-state index in [9.17, 15) is 0 Å². The SMILES string of the molecule is COc1cc2cc(Br)cnc2nc1C. The predicted molar refractivity (Wildman–Crippen MR) is 58.5 cm³/mol. The average molecular weight is 253 g/mol. The standard InChI is InChI=1S/C10H9BrN2O/c1-6-9(14-2)4-7-3-8(11)5-12-10(7)13-6/h3-5H,1-2H3. The number of fused-ring (bicyclic) bond motifs is 1. The molecule has 14 heavy (non-hydrogen) atoms. The molecule has 0 spiro atoms. The molecule has 0 radical (unpaired) electrons. The van der Waals surface area contributed by atoms with E-state index < -0.39 is 0 Å². The Morgan fingerprint density at radius 1 is 1.36 bits per heavy atom. The number of aryl methyl sites for hydroxylation is 1. The highest BCUT2D eigenvalue weighted by Gasteiger charge is 2.03. The van der Waals surface area contributed by atoms with E-state index in [2.05, 4.69) is 25.9 Å². The third-order valence-electron chi connectivity index (χ3n) is 2.00. The number of aromatic nitrogens is 2. The normalized spacial score (nSPS) is 10.5. The van der Waals surface area contributed by atoms with Crippen LogP contribution < -0.4 is 4.74 Å². The van der Waals surface area contributed by atoms with Gasteiger partial charge in [-0.3, -0.25) is 0 Å². The van der Waals surface area contributed by atoms with Crippen LogP contribution in [-0.4, -0.2) is 17.1 Å². The maximum Gasteiger partial charge on any atom is 0.159 e. The van der Waals surface area contributed by atoms with E-state index in [1.165, 1.54) is 0 Å². The van der Waals surface area contributed by atoms with Gasteiger partial charge in [-0.25, -0.2) is 9.97 Å². The van der Waals surface area contributed by atoms with Gasteiger partial charge >= 0.3 is 0 Å². The predicted octanol–water partition coefficient (Wildman–Crippen LogP) is 2.71. The zero-order valence-corrected chi connectivity index (χ0v) is 9.50. The number of hydrogen-bond acceptors (Lipinski definition) is 3. The van der Waals surface area contributed by atoms with Gasteiger partial charge in [0.25, 0.3) is 0 Å². The van der Waals surface area contributed by atoms with Gasteiger partial charge < -0.3 is 4.74 Å². The minimum Gasteiger partial charge on any atom is -0.495 e. The Morgan fingerprint density at radius 3 is 2.86 bits per heavy atom. The van der Waals surface area contributed by atoms with Gasteiger partial charge in [0.05, 0.1) is 12.8 Å². The summed E-state index contributed by atoms with van der Waals surface area (Å²) in [6, 6.07) is 3.91. The van der Waals surface area contributed by atoms with Crippen molar-refractivity contribution in [2.75, 3.05) is 7.11 Å². The van der Waals surface area contributed by atoms with Crippen LogP contribution in [0.25, 0.3) is 11.0 Å². The molecular weight excluding hydrogens is 244 g/mol. The van der Waals surface area contributed by atoms with Gasteiger partial charge in [0.15, 0.2) is 5.65 Å². The minimum absolute atomic E-state index is 0.742. The van der Waals surface area contributed by atoms with E-state index in [0.717, 1.165) is 26.9 Å². The monoisotopic (exact) mass is 252 g/mol. The van der Waals surface area contributed by atoms with Crippen LogP contribution in [0.2, 0.25) is 0 Å². The highest BCUT2D eigenvalue weighted by Crippen LogP contribution is 2.22. The van der Waals surface area contributed by atoms with Gasteiger partial charge in [0.1, 0.15) is 5.75 Å². The zero-order valence-electron chi connectivity index (χ0n) is 7.91. The van der Waals surface area contributed by atoms with E-state index in [1.807, 2.05) is 19.1 Å². The lowest BCUT2D eigenvalue weighted by molar-refractivity contribution is 0.410. The maximum atomic E-state index is 5.19. The van der Waals surface area contributed by atoms with Crippen molar-refractivity contribution in [1.29, 1.82) is 0 Å². The van der Waals surface area contributed by atoms with Crippen LogP contribution in [0.4, 0.5) is 0 Å². The quantitative estimate of drug-likeness (QED) is 0.783. The lowest BCUT2D eigenvalue weighted by atomic mass is 10.2. The molecule has 2 aromatic rings. The van der Waals surface area contributed by atoms with Crippen molar-refractivity contribution >= 4 is 27.0 Å². The number of hydrogen-bond donors (Lipinski definition) is 0. The Bertz CT molecular complexity index is 485. The third kappa shape index (κ3) is 1.57. The molecule has 0 saturated carbocycles. The molecule has 0 atom stereocenters. The topological polar surface area (TPSA) is 35.0 Å². The molecule has 0 bridgehead atoms. The van der Waals surface area contributed by atoms with Crippen molar-refractivity contribution in [2.45, 2.75) is 6.92 Å². The number of ether oxygens (including phenoxy) is 1. The van der Waals surface area contributed by atoms with Gasteiger partial charge in [-0.1, -0.05) is 0 Å². The fourth-order valence-electron chi connectivity index (χ4n) is 1.31. The molecule has 72 valence electrons. The molecule has 0 aliphatic rings. The first kappa shape index (κ1) is 9.40. The van der Waals surface area contributed by atoms with Crippen LogP contribution in [0.1, 0.15) is 5.69 Å². The molecule has 0 aliphatic heterocycles. The van der Waals surface area contributed by atoms with Crippen LogP contribution in [-0.2, 0) is 0 Å². The number of pyridine rings is 2. The van der Waals surface area contributed by atoms with Crippen LogP contribution in [0.15, 0.2) is 22.8 Å². The second-order valence-electron chi connectivity index (χ2n) is 2.98. The number of halogens is 1. The van der Waals surface area contributed by atoms with E-state index in [0.29, 0.717) is 0 Å². The Kier molecular flexibility index (Phi) is 2.37. The van der Waals surface area contributed by atoms with Gasteiger partial charge in [-0.15, -0.1) is 0 Å². The van der Waals surface area contributed by atoms with Crippen LogP contribution in [0, 0.1) is 6.92 Å². The molecular formula is C10H9BrN2O. The number of nitrogens with zero attached hydrogens (tertiary/aromatic N) is 2. The smallest absolute Gasteiger partial charge is 0.159 e. The summed E-state index contributed by atoms with van der Waals surface area (Å²) in [6.07, 6.45) is 1.74. The average Bonchev–Trinajstić information content (AvgIpc) is 2.17. The van der Waals surface area contributed by atoms with E-state index >= 15 is 0 Å². The van der Waals surface area contributed by atoms with Crippen LogP contribution >= 0.6 is 15.9 Å². The minimum atomic E-state index is 0.742. The molecule has 4 heteroatoms. The molecule has 2 rings (SSSR count). The lowest BCUT2D eigenvalue weighted by Crippen LogP contribution is -1.92. The zero-order chi connectivity index (χ0) is 10.1. The highest BCUT2D eigenvalue weighted by atomic mass is 79.9. The fourth-order valence-corrected chi connectivity index (χ4v) is 1.66. The van der Waals surface area contributed by atoms with E-state index in [-0.39, 0.29) is 0 Å². The summed E-state index contributed by atoms with van der Waals surface area (Å²) in [4.78, 5) is 8.53. The van der Waals surface area contributed by atoms with Crippen molar-refractivity contribution in [3.8, 4) is 5.75 Å². The first-order valence-corrected chi connectivity index (χ1v) is 4.97. The molecule has 2 heterocycles. The molecule has 0 N–H and O–H groups in total. The Morgan fingerprint density at radius 2 is 2.14 bits per heavy atom. The van der Waals surface area contributed by atoms with Crippen molar-refractivity contribution in [1.82, 2.24) is 9.97 Å². The second-order valence-corrected chi connectivity index (χ2v) is 3.89. The molecule has 2 aromatic heterocycles. The Hall–Kier alpha value is -1.16. The lowest BCUT2D eigenvalue weighted by Gasteiger charge is -2.05. The van der Waals surface area contributed by atoms with E-state index in [1.54, 1.807) is 13.3 Å². The first-order valence-electron chi connectivity index (χ1n) is 4.17. The maximum absolute atomic E-state index is 5.19. The van der Waals surface area contributed by atoms with Crippen molar-refractivity contribution in [2.24, 2.45) is 0 Å². The van der Waals surface area contributed by atoms with Gasteiger partial charge in [0, 0.05) is 16.1 Å². The fraction of sp³-hybridized carbons (Fsp3) is 0.200. The second kappa shape index (κ2) is 3.53. The molecule has 3 nitrogen and oxygen atoms in total. The summed E-state index contributed by atoms with van der Waals surface area (Å²) in [5, 5.41) is 0.974. The van der Waals surface area contributed by atoms with E-state index in [4.69, 9.17) is 4.74 Å². The summed E-state index contributed by atoms with van der Waals surface area (Å²) in [5.74, 6) is 0.789. The molecule has 0 saturated heterocycles. The van der Waals surface area contributed by atoms with Crippen LogP contribution in [0.5, 0.6) is 5.75 Å². The highest BCUT2D eigenvalue weighted by molar-refractivity contribution is 9.10. The van der Waals surface area contributed by atoms with Crippen molar-refractivity contribution in [3.05, 3.63) is 28.5 Å². The third-order valence-corrected chi connectivity index (χ3v) is 2.43. The summed E-state index contributed by atoms with van der Waals surface area (Å²) < 4.78 is 6.13. The molecule has 0 fully saturated rings. The molecule has 0 unspecified atom stereocenters. The Labute approximate surface area is 90.3 Å². The van der Waals surface area contributed by atoms with Crippen molar-refractivity contribution < 1.29 is 4.74 Å². The summed E-state index contributed by atoms with van der Waals surface area (Å²) in [6.45, 7) is 1.90. The number of methoxy groups -OCH3 is 1. The summed E-state index contributed by atoms with van der Waals surface area (Å²) in [5.41, 5.74) is 1.60. The van der Waals surface area contributed by atoms with Gasteiger partial charge in [-0.2, -0.15) is 0 Å². The van der Waals surface area contributed by atoms with Crippen LogP contribution in [0.3, 0.4) is 0 Å². The molecule has 0 amide bonds. The van der Waals surface area contributed by atoms with Gasteiger partial charge in [-0.05, 0) is 35.0 Å². The van der Waals surface area contributed by atoms with Gasteiger partial charge in [0.2, 0.25) is 0 Å². The molecule has 0 aromatic carbocycles. The summed E-state index contributed by atoms with van der Waals surface area (Å²) >= 11 is 3.37. The molecule has 0 aliphatic carbocycles. The summed E-state index contributed by atoms with van der Waals surface area (Å²) in [7, 11) is 1.64. The van der Waals surface area contributed by atoms with Crippen molar-refractivity contribution in [3.63, 3.8) is 0 Å². The largest absolute Gasteiger partial charge is 0.495 e.